The Labute approximate surface area is 120 Å². The van der Waals surface area contributed by atoms with E-state index in [0.29, 0.717) is 0 Å². The van der Waals surface area contributed by atoms with E-state index in [2.05, 4.69) is 0 Å². The molecule has 2 rings (SSSR count). The molecular weight excluding hydrogens is 280 g/mol. The number of carbonyl (C=O) groups excluding carboxylic acids is 1. The lowest BCUT2D eigenvalue weighted by molar-refractivity contribution is -0.140. The maximum atomic E-state index is 11.1. The highest BCUT2D eigenvalue weighted by atomic mass is 32.2. The van der Waals surface area contributed by atoms with Crippen molar-refractivity contribution in [2.24, 2.45) is 17.8 Å². The van der Waals surface area contributed by atoms with Crippen LogP contribution in [0.3, 0.4) is 0 Å². The van der Waals surface area contributed by atoms with Gasteiger partial charge in [-0.2, -0.15) is 8.42 Å². The van der Waals surface area contributed by atoms with E-state index in [1.807, 2.05) is 0 Å². The van der Waals surface area contributed by atoms with Crippen molar-refractivity contribution in [3.05, 3.63) is 0 Å². The van der Waals surface area contributed by atoms with Gasteiger partial charge in [-0.3, -0.25) is 9.35 Å². The molecule has 2 unspecified atom stereocenters. The van der Waals surface area contributed by atoms with Gasteiger partial charge in [-0.05, 0) is 49.9 Å². The molecular formula is C14H24O5S. The van der Waals surface area contributed by atoms with Crippen LogP contribution >= 0.6 is 0 Å². The van der Waals surface area contributed by atoms with E-state index in [1.165, 1.54) is 38.5 Å². The van der Waals surface area contributed by atoms with E-state index in [4.69, 9.17) is 9.29 Å². The predicted molar refractivity (Wildman–Crippen MR) is 74.8 cm³/mol. The third-order valence-electron chi connectivity index (χ3n) is 4.54. The SMILES string of the molecule is O=C(CS(=O)(=O)O)OCCCC1CC2CCCC(C1)C2. The number of hydrogen-bond donors (Lipinski definition) is 1. The molecule has 2 saturated carbocycles. The quantitative estimate of drug-likeness (QED) is 0.463. The van der Waals surface area contributed by atoms with Crippen LogP contribution in [0.15, 0.2) is 0 Å². The molecule has 2 atom stereocenters. The van der Waals surface area contributed by atoms with Gasteiger partial charge < -0.3 is 4.74 Å². The fourth-order valence-electron chi connectivity index (χ4n) is 3.85. The van der Waals surface area contributed by atoms with Crippen LogP contribution in [0.2, 0.25) is 0 Å². The summed E-state index contributed by atoms with van der Waals surface area (Å²) in [5.74, 6) is 0.720. The summed E-state index contributed by atoms with van der Waals surface area (Å²) in [6.45, 7) is 0.250. The van der Waals surface area contributed by atoms with Crippen LogP contribution in [-0.2, 0) is 19.6 Å². The molecule has 2 aliphatic rings. The highest BCUT2D eigenvalue weighted by Crippen LogP contribution is 2.43. The minimum absolute atomic E-state index is 0.250. The van der Waals surface area contributed by atoms with Crippen LogP contribution in [-0.4, -0.2) is 31.3 Å². The molecule has 2 bridgehead atoms. The summed E-state index contributed by atoms with van der Waals surface area (Å²) in [6, 6.07) is 0. The standard InChI is InChI=1S/C14H24O5S/c15-14(10-20(16,17)18)19-6-2-5-13-8-11-3-1-4-12(7-11)9-13/h11-13H,1-10H2,(H,16,17,18). The van der Waals surface area contributed by atoms with Crippen molar-refractivity contribution in [2.45, 2.75) is 51.4 Å². The number of carbonyl (C=O) groups is 1. The normalized spacial score (nSPS) is 29.9. The van der Waals surface area contributed by atoms with E-state index >= 15 is 0 Å². The fraction of sp³-hybridized carbons (Fsp3) is 0.929. The van der Waals surface area contributed by atoms with Crippen molar-refractivity contribution in [1.82, 2.24) is 0 Å². The molecule has 0 saturated heterocycles. The Morgan fingerprint density at radius 3 is 2.40 bits per heavy atom. The summed E-state index contributed by atoms with van der Waals surface area (Å²) in [7, 11) is -4.27. The van der Waals surface area contributed by atoms with Gasteiger partial charge in [-0.15, -0.1) is 0 Å². The van der Waals surface area contributed by atoms with Crippen molar-refractivity contribution >= 4 is 16.1 Å². The number of ether oxygens (including phenoxy) is 1. The molecule has 0 spiro atoms. The van der Waals surface area contributed by atoms with E-state index in [9.17, 15) is 13.2 Å². The Balaban J connectivity index is 1.60. The summed E-state index contributed by atoms with van der Waals surface area (Å²) >= 11 is 0. The molecule has 1 N–H and O–H groups in total. The molecule has 0 radical (unpaired) electrons. The zero-order valence-electron chi connectivity index (χ0n) is 11.8. The van der Waals surface area contributed by atoms with Gasteiger partial charge in [0.1, 0.15) is 0 Å². The van der Waals surface area contributed by atoms with E-state index in [-0.39, 0.29) is 6.61 Å². The Hall–Kier alpha value is -0.620. The van der Waals surface area contributed by atoms with Crippen molar-refractivity contribution < 1.29 is 22.5 Å². The van der Waals surface area contributed by atoms with Crippen molar-refractivity contribution in [1.29, 1.82) is 0 Å². The molecule has 5 nitrogen and oxygen atoms in total. The monoisotopic (exact) mass is 304 g/mol. The second kappa shape index (κ2) is 6.89. The lowest BCUT2D eigenvalue weighted by Crippen LogP contribution is -2.27. The smallest absolute Gasteiger partial charge is 0.323 e. The third-order valence-corrected chi connectivity index (χ3v) is 5.15. The van der Waals surface area contributed by atoms with Crippen LogP contribution in [0, 0.1) is 17.8 Å². The molecule has 0 aromatic carbocycles. The first-order valence-electron chi connectivity index (χ1n) is 7.53. The molecule has 0 amide bonds. The van der Waals surface area contributed by atoms with Crippen molar-refractivity contribution in [3.63, 3.8) is 0 Å². The average Bonchev–Trinajstić information content (AvgIpc) is 2.32. The summed E-state index contributed by atoms with van der Waals surface area (Å²) in [5.41, 5.74) is 0. The van der Waals surface area contributed by atoms with E-state index < -0.39 is 21.8 Å². The summed E-state index contributed by atoms with van der Waals surface area (Å²) in [4.78, 5) is 11.1. The molecule has 0 aliphatic heterocycles. The molecule has 0 aromatic heterocycles. The van der Waals surface area contributed by atoms with Crippen molar-refractivity contribution in [3.8, 4) is 0 Å². The number of hydrogen-bond acceptors (Lipinski definition) is 4. The minimum Gasteiger partial charge on any atom is -0.465 e. The molecule has 6 heteroatoms. The zero-order chi connectivity index (χ0) is 14.6. The molecule has 2 fully saturated rings. The van der Waals surface area contributed by atoms with Crippen LogP contribution in [0.1, 0.15) is 51.4 Å². The van der Waals surface area contributed by atoms with Gasteiger partial charge in [-0.1, -0.05) is 19.3 Å². The number of esters is 1. The van der Waals surface area contributed by atoms with Gasteiger partial charge in [0, 0.05) is 0 Å². The molecule has 0 heterocycles. The fourth-order valence-corrected chi connectivity index (χ4v) is 4.23. The van der Waals surface area contributed by atoms with Crippen molar-refractivity contribution in [2.75, 3.05) is 12.4 Å². The largest absolute Gasteiger partial charge is 0.465 e. The van der Waals surface area contributed by atoms with Gasteiger partial charge >= 0.3 is 5.97 Å². The van der Waals surface area contributed by atoms with Gasteiger partial charge in [0.25, 0.3) is 10.1 Å². The molecule has 116 valence electrons. The van der Waals surface area contributed by atoms with Gasteiger partial charge in [0.2, 0.25) is 0 Å². The van der Waals surface area contributed by atoms with Crippen LogP contribution in [0.25, 0.3) is 0 Å². The minimum atomic E-state index is -4.27. The highest BCUT2D eigenvalue weighted by molar-refractivity contribution is 7.86. The first kappa shape index (κ1) is 15.8. The van der Waals surface area contributed by atoms with Crippen LogP contribution in [0.4, 0.5) is 0 Å². The summed E-state index contributed by atoms with van der Waals surface area (Å²) in [6.07, 6.45) is 9.96. The third kappa shape index (κ3) is 5.40. The maximum Gasteiger partial charge on any atom is 0.323 e. The van der Waals surface area contributed by atoms with Gasteiger partial charge in [0.15, 0.2) is 5.75 Å². The Morgan fingerprint density at radius 2 is 1.80 bits per heavy atom. The topological polar surface area (TPSA) is 80.7 Å². The number of rotatable bonds is 6. The Bertz CT molecular complexity index is 419. The Kier molecular flexibility index (Phi) is 5.43. The first-order valence-corrected chi connectivity index (χ1v) is 9.14. The molecule has 0 aromatic rings. The van der Waals surface area contributed by atoms with Gasteiger partial charge in [-0.25, -0.2) is 0 Å². The zero-order valence-corrected chi connectivity index (χ0v) is 12.6. The Morgan fingerprint density at radius 1 is 1.15 bits per heavy atom. The maximum absolute atomic E-state index is 11.1. The molecule has 2 aliphatic carbocycles. The van der Waals surface area contributed by atoms with Gasteiger partial charge in [0.05, 0.1) is 6.61 Å². The highest BCUT2D eigenvalue weighted by Gasteiger charge is 2.31. The second-order valence-corrected chi connectivity index (χ2v) is 7.78. The number of fused-ring (bicyclic) bond motifs is 2. The first-order chi connectivity index (χ1) is 9.42. The van der Waals surface area contributed by atoms with Crippen LogP contribution in [0.5, 0.6) is 0 Å². The lowest BCUT2D eigenvalue weighted by atomic mass is 9.67. The predicted octanol–water partition coefficient (Wildman–Crippen LogP) is 2.41. The average molecular weight is 304 g/mol. The summed E-state index contributed by atoms with van der Waals surface area (Å²) in [5, 5.41) is 0. The lowest BCUT2D eigenvalue weighted by Gasteiger charge is -2.39. The van der Waals surface area contributed by atoms with E-state index in [1.54, 1.807) is 0 Å². The molecule has 20 heavy (non-hydrogen) atoms. The second-order valence-electron chi connectivity index (χ2n) is 6.33. The summed E-state index contributed by atoms with van der Waals surface area (Å²) < 4.78 is 34.3. The van der Waals surface area contributed by atoms with Crippen LogP contribution < -0.4 is 0 Å². The van der Waals surface area contributed by atoms with E-state index in [0.717, 1.165) is 30.6 Å².